The van der Waals surface area contributed by atoms with E-state index in [1.165, 1.54) is 38.7 Å². The van der Waals surface area contributed by atoms with Crippen LogP contribution in [0.4, 0.5) is 0 Å². The summed E-state index contributed by atoms with van der Waals surface area (Å²) in [5.41, 5.74) is 7.40. The number of epoxide rings is 1. The fourth-order valence-corrected chi connectivity index (χ4v) is 4.56. The third kappa shape index (κ3) is 4.27. The standard InChI is InChI=1S/C29H29NO3/c1-4-25(27-18-30(17-24-19-33-24)28-8-6-5-7-26(27)28)29(20-9-13-22(31-2)14-10-20)21-11-15-23(32-3)16-12-21/h5-16,18,24H,4,17,19H2,1-3H3/t24-/m1/s1. The Morgan fingerprint density at radius 3 is 1.97 bits per heavy atom. The van der Waals surface area contributed by atoms with Crippen LogP contribution in [0.15, 0.2) is 79.0 Å². The van der Waals surface area contributed by atoms with E-state index in [-0.39, 0.29) is 0 Å². The lowest BCUT2D eigenvalue weighted by Gasteiger charge is -2.16. The molecule has 4 heteroatoms. The second kappa shape index (κ2) is 9.16. The molecule has 0 aliphatic carbocycles. The van der Waals surface area contributed by atoms with Crippen LogP contribution in [0.1, 0.15) is 30.0 Å². The number of fused-ring (bicyclic) bond motifs is 1. The van der Waals surface area contributed by atoms with Crippen molar-refractivity contribution in [2.24, 2.45) is 0 Å². The van der Waals surface area contributed by atoms with E-state index in [4.69, 9.17) is 14.2 Å². The van der Waals surface area contributed by atoms with Crippen LogP contribution in [-0.4, -0.2) is 31.5 Å². The zero-order valence-corrected chi connectivity index (χ0v) is 19.4. The Labute approximate surface area is 195 Å². The van der Waals surface area contributed by atoms with Gasteiger partial charge >= 0.3 is 0 Å². The third-order valence-corrected chi connectivity index (χ3v) is 6.33. The summed E-state index contributed by atoms with van der Waals surface area (Å²) in [7, 11) is 3.40. The normalized spacial score (nSPS) is 14.8. The topological polar surface area (TPSA) is 35.9 Å². The van der Waals surface area contributed by atoms with E-state index in [9.17, 15) is 0 Å². The number of allylic oxidation sites excluding steroid dienone is 1. The molecule has 2 heterocycles. The number of para-hydroxylation sites is 1. The van der Waals surface area contributed by atoms with Crippen molar-refractivity contribution in [3.8, 4) is 11.5 Å². The molecule has 3 aromatic carbocycles. The van der Waals surface area contributed by atoms with Gasteiger partial charge in [0.15, 0.2) is 0 Å². The molecule has 33 heavy (non-hydrogen) atoms. The summed E-state index contributed by atoms with van der Waals surface area (Å²) in [5, 5.41) is 1.27. The second-order valence-electron chi connectivity index (χ2n) is 8.33. The molecular weight excluding hydrogens is 410 g/mol. The van der Waals surface area contributed by atoms with Crippen LogP contribution in [0.3, 0.4) is 0 Å². The predicted molar refractivity (Wildman–Crippen MR) is 134 cm³/mol. The molecule has 1 aliphatic heterocycles. The quantitative estimate of drug-likeness (QED) is 0.297. The number of nitrogens with zero attached hydrogens (tertiary/aromatic N) is 1. The van der Waals surface area contributed by atoms with Crippen LogP contribution in [0.25, 0.3) is 22.0 Å². The number of hydrogen-bond donors (Lipinski definition) is 0. The maximum atomic E-state index is 5.53. The lowest BCUT2D eigenvalue weighted by molar-refractivity contribution is 0.385. The van der Waals surface area contributed by atoms with Gasteiger partial charge in [-0.1, -0.05) is 49.4 Å². The fourth-order valence-electron chi connectivity index (χ4n) is 4.56. The van der Waals surface area contributed by atoms with Crippen LogP contribution in [-0.2, 0) is 11.3 Å². The number of methoxy groups -OCH3 is 2. The van der Waals surface area contributed by atoms with Crippen molar-refractivity contribution in [3.63, 3.8) is 0 Å². The van der Waals surface area contributed by atoms with Gasteiger partial charge in [-0.15, -0.1) is 0 Å². The van der Waals surface area contributed by atoms with Crippen LogP contribution >= 0.6 is 0 Å². The van der Waals surface area contributed by atoms with Crippen molar-refractivity contribution in [1.82, 2.24) is 4.57 Å². The SMILES string of the molecule is CCC(=C(c1ccc(OC)cc1)c1ccc(OC)cc1)c1cn(C[C@@H]2CO2)c2ccccc12. The van der Waals surface area contributed by atoms with Gasteiger partial charge < -0.3 is 18.8 Å². The molecule has 4 aromatic rings. The van der Waals surface area contributed by atoms with Crippen LogP contribution in [0, 0.1) is 0 Å². The summed E-state index contributed by atoms with van der Waals surface area (Å²) in [6.45, 7) is 3.97. The Hall–Kier alpha value is -3.50. The van der Waals surface area contributed by atoms with E-state index in [1.807, 2.05) is 24.3 Å². The molecule has 168 valence electrons. The zero-order valence-electron chi connectivity index (χ0n) is 19.4. The molecule has 0 unspecified atom stereocenters. The van der Waals surface area contributed by atoms with Crippen LogP contribution in [0.5, 0.6) is 11.5 Å². The maximum Gasteiger partial charge on any atom is 0.118 e. The van der Waals surface area contributed by atoms with Crippen molar-refractivity contribution in [1.29, 1.82) is 0 Å². The third-order valence-electron chi connectivity index (χ3n) is 6.33. The lowest BCUT2D eigenvalue weighted by atomic mass is 9.88. The van der Waals surface area contributed by atoms with Crippen molar-refractivity contribution < 1.29 is 14.2 Å². The van der Waals surface area contributed by atoms with Crippen molar-refractivity contribution in [3.05, 3.63) is 95.7 Å². The zero-order chi connectivity index (χ0) is 22.8. The Balaban J connectivity index is 1.74. The summed E-state index contributed by atoms with van der Waals surface area (Å²) >= 11 is 0. The van der Waals surface area contributed by atoms with Gasteiger partial charge in [-0.2, -0.15) is 0 Å². The van der Waals surface area contributed by atoms with Crippen molar-refractivity contribution >= 4 is 22.0 Å². The van der Waals surface area contributed by atoms with Gasteiger partial charge in [-0.25, -0.2) is 0 Å². The molecule has 1 aromatic heterocycles. The lowest BCUT2D eigenvalue weighted by Crippen LogP contribution is -2.02. The monoisotopic (exact) mass is 439 g/mol. The smallest absolute Gasteiger partial charge is 0.118 e. The van der Waals surface area contributed by atoms with Crippen LogP contribution in [0.2, 0.25) is 0 Å². The van der Waals surface area contributed by atoms with Gasteiger partial charge in [-0.05, 0) is 59.0 Å². The number of aromatic nitrogens is 1. The molecule has 4 nitrogen and oxygen atoms in total. The largest absolute Gasteiger partial charge is 0.497 e. The molecule has 0 amide bonds. The summed E-state index contributed by atoms with van der Waals surface area (Å²) < 4.78 is 18.7. The Morgan fingerprint density at radius 2 is 1.45 bits per heavy atom. The summed E-state index contributed by atoms with van der Waals surface area (Å²) in [4.78, 5) is 0. The maximum absolute atomic E-state index is 5.53. The highest BCUT2D eigenvalue weighted by atomic mass is 16.6. The van der Waals surface area contributed by atoms with E-state index in [0.29, 0.717) is 6.10 Å². The molecule has 1 saturated heterocycles. The van der Waals surface area contributed by atoms with E-state index < -0.39 is 0 Å². The number of benzene rings is 3. The van der Waals surface area contributed by atoms with Gasteiger partial charge in [0, 0.05) is 22.7 Å². The molecule has 0 radical (unpaired) electrons. The minimum absolute atomic E-state index is 0.324. The Morgan fingerprint density at radius 1 is 0.879 bits per heavy atom. The van der Waals surface area contributed by atoms with Crippen LogP contribution < -0.4 is 9.47 Å². The molecule has 1 aliphatic rings. The Kier molecular flexibility index (Phi) is 5.93. The van der Waals surface area contributed by atoms with E-state index in [2.05, 4.69) is 66.2 Å². The average molecular weight is 440 g/mol. The predicted octanol–water partition coefficient (Wildman–Crippen LogP) is 6.43. The minimum atomic E-state index is 0.324. The molecule has 5 rings (SSSR count). The van der Waals surface area contributed by atoms with Gasteiger partial charge in [0.05, 0.1) is 33.5 Å². The number of ether oxygens (including phenoxy) is 3. The highest BCUT2D eigenvalue weighted by Gasteiger charge is 2.25. The molecule has 1 fully saturated rings. The highest BCUT2D eigenvalue weighted by molar-refractivity contribution is 6.05. The molecule has 0 spiro atoms. The van der Waals surface area contributed by atoms with Crippen molar-refractivity contribution in [2.45, 2.75) is 26.0 Å². The second-order valence-corrected chi connectivity index (χ2v) is 8.33. The van der Waals surface area contributed by atoms with Crippen molar-refractivity contribution in [2.75, 3.05) is 20.8 Å². The first-order valence-corrected chi connectivity index (χ1v) is 11.4. The number of hydrogen-bond acceptors (Lipinski definition) is 3. The summed E-state index contributed by atoms with van der Waals surface area (Å²) in [6.07, 6.45) is 3.53. The van der Waals surface area contributed by atoms with Gasteiger partial charge in [-0.3, -0.25) is 0 Å². The molecule has 0 saturated carbocycles. The van der Waals surface area contributed by atoms with E-state index in [0.717, 1.165) is 31.1 Å². The first kappa shape index (κ1) is 21.4. The molecular formula is C29H29NO3. The van der Waals surface area contributed by atoms with Gasteiger partial charge in [0.2, 0.25) is 0 Å². The average Bonchev–Trinajstić information content (AvgIpc) is 3.63. The summed E-state index contributed by atoms with van der Waals surface area (Å²) in [5.74, 6) is 1.71. The Bertz CT molecular complexity index is 1230. The molecule has 0 bridgehead atoms. The first-order chi connectivity index (χ1) is 16.2. The van der Waals surface area contributed by atoms with E-state index >= 15 is 0 Å². The minimum Gasteiger partial charge on any atom is -0.497 e. The molecule has 0 N–H and O–H groups in total. The first-order valence-electron chi connectivity index (χ1n) is 11.4. The summed E-state index contributed by atoms with van der Waals surface area (Å²) in [6, 6.07) is 25.3. The fraction of sp³-hybridized carbons (Fsp3) is 0.241. The van der Waals surface area contributed by atoms with Gasteiger partial charge in [0.1, 0.15) is 11.5 Å². The molecule has 1 atom stereocenters. The van der Waals surface area contributed by atoms with Gasteiger partial charge in [0.25, 0.3) is 0 Å². The number of rotatable bonds is 8. The van der Waals surface area contributed by atoms with E-state index in [1.54, 1.807) is 14.2 Å². The highest BCUT2D eigenvalue weighted by Crippen LogP contribution is 2.39.